The summed E-state index contributed by atoms with van der Waals surface area (Å²) in [4.78, 5) is 37.7. The Labute approximate surface area is 147 Å². The van der Waals surface area contributed by atoms with Gasteiger partial charge in [-0.15, -0.1) is 0 Å². The number of benzene rings is 1. The van der Waals surface area contributed by atoms with Crippen molar-refractivity contribution in [1.82, 2.24) is 15.5 Å². The van der Waals surface area contributed by atoms with Crippen LogP contribution in [0.2, 0.25) is 0 Å². The summed E-state index contributed by atoms with van der Waals surface area (Å²) in [7, 11) is 1.33. The van der Waals surface area contributed by atoms with E-state index in [4.69, 9.17) is 0 Å². The number of hydrogen-bond donors (Lipinski definition) is 2. The molecule has 1 saturated heterocycles. The Bertz CT molecular complexity index is 628. The van der Waals surface area contributed by atoms with E-state index in [1.165, 1.54) is 7.11 Å². The van der Waals surface area contributed by atoms with Crippen LogP contribution in [0.3, 0.4) is 0 Å². The summed E-state index contributed by atoms with van der Waals surface area (Å²) in [5.74, 6) is -0.671. The van der Waals surface area contributed by atoms with Gasteiger partial charge in [0.2, 0.25) is 11.8 Å². The van der Waals surface area contributed by atoms with E-state index < -0.39 is 12.0 Å². The monoisotopic (exact) mass is 347 g/mol. The van der Waals surface area contributed by atoms with Gasteiger partial charge in [-0.2, -0.15) is 0 Å². The van der Waals surface area contributed by atoms with E-state index in [-0.39, 0.29) is 24.3 Å². The molecule has 136 valence electrons. The number of nitrogens with zero attached hydrogens (tertiary/aromatic N) is 1. The zero-order chi connectivity index (χ0) is 18.4. The predicted molar refractivity (Wildman–Crippen MR) is 92.9 cm³/mol. The second-order valence-corrected chi connectivity index (χ2v) is 6.31. The standard InChI is InChI=1S/C18H25N3O4/c1-12(2)21-9-8-19-17(23)15(21)10-16(22)20-11-13-4-6-14(7-5-13)18(24)25-3/h4-7,12,15H,8-11H2,1-3H3,(H,19,23)(H,20,22). The van der Waals surface area contributed by atoms with Crippen LogP contribution in [0.4, 0.5) is 0 Å². The van der Waals surface area contributed by atoms with Gasteiger partial charge in [0.05, 0.1) is 25.1 Å². The van der Waals surface area contributed by atoms with Crippen LogP contribution < -0.4 is 10.6 Å². The Kier molecular flexibility index (Phi) is 6.52. The van der Waals surface area contributed by atoms with E-state index in [1.807, 2.05) is 18.7 Å². The van der Waals surface area contributed by atoms with Crippen LogP contribution in [0.5, 0.6) is 0 Å². The molecule has 1 fully saturated rings. The van der Waals surface area contributed by atoms with E-state index in [2.05, 4.69) is 15.4 Å². The lowest BCUT2D eigenvalue weighted by molar-refractivity contribution is -0.134. The van der Waals surface area contributed by atoms with Crippen LogP contribution in [0.1, 0.15) is 36.2 Å². The highest BCUT2D eigenvalue weighted by Crippen LogP contribution is 2.13. The van der Waals surface area contributed by atoms with E-state index >= 15 is 0 Å². The predicted octanol–water partition coefficient (Wildman–Crippen LogP) is 0.688. The molecule has 7 heteroatoms. The largest absolute Gasteiger partial charge is 0.465 e. The van der Waals surface area contributed by atoms with Crippen molar-refractivity contribution in [1.29, 1.82) is 0 Å². The van der Waals surface area contributed by atoms with E-state index in [1.54, 1.807) is 24.3 Å². The lowest BCUT2D eigenvalue weighted by Crippen LogP contribution is -2.58. The average Bonchev–Trinajstić information content (AvgIpc) is 2.61. The van der Waals surface area contributed by atoms with Crippen LogP contribution in [-0.2, 0) is 20.9 Å². The van der Waals surface area contributed by atoms with Crippen LogP contribution >= 0.6 is 0 Å². The molecule has 1 aliphatic heterocycles. The van der Waals surface area contributed by atoms with Crippen LogP contribution in [0.15, 0.2) is 24.3 Å². The molecule has 1 aliphatic rings. The molecule has 0 aromatic heterocycles. The van der Waals surface area contributed by atoms with Crippen molar-refractivity contribution in [2.75, 3.05) is 20.2 Å². The second-order valence-electron chi connectivity index (χ2n) is 6.31. The molecule has 0 bridgehead atoms. The molecule has 1 aromatic rings. The summed E-state index contributed by atoms with van der Waals surface area (Å²) in [6, 6.07) is 6.61. The van der Waals surface area contributed by atoms with E-state index in [0.29, 0.717) is 18.7 Å². The maximum absolute atomic E-state index is 12.2. The van der Waals surface area contributed by atoms with Crippen molar-refractivity contribution < 1.29 is 19.1 Å². The molecule has 0 radical (unpaired) electrons. The molecule has 2 amide bonds. The minimum atomic E-state index is -0.435. The highest BCUT2D eigenvalue weighted by atomic mass is 16.5. The fraction of sp³-hybridized carbons (Fsp3) is 0.500. The lowest BCUT2D eigenvalue weighted by atomic mass is 10.1. The molecule has 0 spiro atoms. The van der Waals surface area contributed by atoms with Gasteiger partial charge in [0.15, 0.2) is 0 Å². The highest BCUT2D eigenvalue weighted by Gasteiger charge is 2.32. The van der Waals surface area contributed by atoms with Gasteiger partial charge in [-0.25, -0.2) is 4.79 Å². The number of esters is 1. The normalized spacial score (nSPS) is 17.9. The second kappa shape index (κ2) is 8.62. The molecule has 1 unspecified atom stereocenters. The zero-order valence-corrected chi connectivity index (χ0v) is 14.9. The van der Waals surface area contributed by atoms with Crippen molar-refractivity contribution in [2.24, 2.45) is 0 Å². The Morgan fingerprint density at radius 3 is 2.60 bits per heavy atom. The SMILES string of the molecule is COC(=O)c1ccc(CNC(=O)CC2C(=O)NCCN2C(C)C)cc1. The summed E-state index contributed by atoms with van der Waals surface area (Å²) in [6.07, 6.45) is 0.129. The maximum Gasteiger partial charge on any atom is 0.337 e. The number of methoxy groups -OCH3 is 1. The Morgan fingerprint density at radius 1 is 1.32 bits per heavy atom. The first-order valence-corrected chi connectivity index (χ1v) is 8.39. The number of amides is 2. The van der Waals surface area contributed by atoms with Crippen LogP contribution in [0, 0.1) is 0 Å². The minimum Gasteiger partial charge on any atom is -0.465 e. The molecular weight excluding hydrogens is 322 g/mol. The first kappa shape index (κ1) is 18.9. The van der Waals surface area contributed by atoms with Gasteiger partial charge < -0.3 is 15.4 Å². The topological polar surface area (TPSA) is 87.7 Å². The van der Waals surface area contributed by atoms with Gasteiger partial charge in [0, 0.05) is 25.7 Å². The third kappa shape index (κ3) is 5.03. The summed E-state index contributed by atoms with van der Waals surface area (Å²) >= 11 is 0. The molecular formula is C18H25N3O4. The number of nitrogens with one attached hydrogen (secondary N) is 2. The van der Waals surface area contributed by atoms with Crippen molar-refractivity contribution in [2.45, 2.75) is 38.9 Å². The zero-order valence-electron chi connectivity index (χ0n) is 14.9. The average molecular weight is 347 g/mol. The minimum absolute atomic E-state index is 0.0995. The molecule has 2 rings (SSSR count). The van der Waals surface area contributed by atoms with Crippen molar-refractivity contribution in [3.8, 4) is 0 Å². The Balaban J connectivity index is 1.89. The molecule has 1 heterocycles. The summed E-state index contributed by atoms with van der Waals surface area (Å²) < 4.78 is 4.65. The van der Waals surface area contributed by atoms with Crippen LogP contribution in [-0.4, -0.2) is 55.0 Å². The maximum atomic E-state index is 12.2. The van der Waals surface area contributed by atoms with E-state index in [0.717, 1.165) is 12.1 Å². The molecule has 0 saturated carbocycles. The molecule has 1 atom stereocenters. The molecule has 2 N–H and O–H groups in total. The van der Waals surface area contributed by atoms with Crippen molar-refractivity contribution >= 4 is 17.8 Å². The number of hydrogen-bond acceptors (Lipinski definition) is 5. The molecule has 1 aromatic carbocycles. The van der Waals surface area contributed by atoms with Gasteiger partial charge in [-0.05, 0) is 31.5 Å². The van der Waals surface area contributed by atoms with Gasteiger partial charge in [-0.3, -0.25) is 14.5 Å². The molecule has 25 heavy (non-hydrogen) atoms. The van der Waals surface area contributed by atoms with Gasteiger partial charge in [0.25, 0.3) is 0 Å². The third-order valence-corrected chi connectivity index (χ3v) is 4.28. The van der Waals surface area contributed by atoms with Gasteiger partial charge in [0.1, 0.15) is 0 Å². The fourth-order valence-electron chi connectivity index (χ4n) is 2.89. The first-order valence-electron chi connectivity index (χ1n) is 8.39. The first-order chi connectivity index (χ1) is 11.9. The van der Waals surface area contributed by atoms with Gasteiger partial charge >= 0.3 is 5.97 Å². The third-order valence-electron chi connectivity index (χ3n) is 4.28. The van der Waals surface area contributed by atoms with Crippen LogP contribution in [0.25, 0.3) is 0 Å². The fourth-order valence-corrected chi connectivity index (χ4v) is 2.89. The molecule has 7 nitrogen and oxygen atoms in total. The lowest BCUT2D eigenvalue weighted by Gasteiger charge is -2.37. The number of ether oxygens (including phenoxy) is 1. The number of piperazine rings is 1. The summed E-state index contributed by atoms with van der Waals surface area (Å²) in [6.45, 7) is 5.74. The number of rotatable bonds is 6. The van der Waals surface area contributed by atoms with Gasteiger partial charge in [-0.1, -0.05) is 12.1 Å². The number of carbonyl (C=O) groups excluding carboxylic acids is 3. The Morgan fingerprint density at radius 2 is 2.00 bits per heavy atom. The Hall–Kier alpha value is -2.41. The summed E-state index contributed by atoms with van der Waals surface area (Å²) in [5.41, 5.74) is 1.33. The number of carbonyl (C=O) groups is 3. The summed E-state index contributed by atoms with van der Waals surface area (Å²) in [5, 5.41) is 5.64. The van der Waals surface area contributed by atoms with Crippen molar-refractivity contribution in [3.05, 3.63) is 35.4 Å². The molecule has 0 aliphatic carbocycles. The van der Waals surface area contributed by atoms with E-state index in [9.17, 15) is 14.4 Å². The smallest absolute Gasteiger partial charge is 0.337 e. The highest BCUT2D eigenvalue weighted by molar-refractivity contribution is 5.89. The van der Waals surface area contributed by atoms with Crippen molar-refractivity contribution in [3.63, 3.8) is 0 Å². The quantitative estimate of drug-likeness (QED) is 0.739.